The third-order valence-corrected chi connectivity index (χ3v) is 4.20. The Labute approximate surface area is 134 Å². The number of amides is 1. The summed E-state index contributed by atoms with van der Waals surface area (Å²) in [6.07, 6.45) is 3.45. The Morgan fingerprint density at radius 1 is 1.26 bits per heavy atom. The van der Waals surface area contributed by atoms with Gasteiger partial charge >= 0.3 is 0 Å². The first-order valence-corrected chi connectivity index (χ1v) is 7.73. The molecule has 0 saturated carbocycles. The number of hydrogen-bond donors (Lipinski definition) is 2. The van der Waals surface area contributed by atoms with Crippen LogP contribution >= 0.6 is 11.3 Å². The number of nitrogens with one attached hydrogen (secondary N) is 2. The molecule has 4 aromatic rings. The lowest BCUT2D eigenvalue weighted by Gasteiger charge is -2.03. The average Bonchev–Trinajstić information content (AvgIpc) is 3.27. The molecule has 1 aromatic carbocycles. The van der Waals surface area contributed by atoms with Crippen molar-refractivity contribution in [1.82, 2.24) is 20.4 Å². The topological polar surface area (TPSA) is 96.7 Å². The molecular formula is C15H11N5O2S. The van der Waals surface area contributed by atoms with E-state index in [1.54, 1.807) is 30.7 Å². The van der Waals surface area contributed by atoms with Crippen molar-refractivity contribution in [2.24, 2.45) is 0 Å². The number of nitrogens with zero attached hydrogens (tertiary/aromatic N) is 3. The summed E-state index contributed by atoms with van der Waals surface area (Å²) < 4.78 is 5.04. The van der Waals surface area contributed by atoms with Crippen LogP contribution in [0.2, 0.25) is 0 Å². The molecule has 7 nitrogen and oxygen atoms in total. The number of rotatable bonds is 4. The summed E-state index contributed by atoms with van der Waals surface area (Å²) in [5.74, 6) is -0.128. The molecule has 0 aliphatic carbocycles. The van der Waals surface area contributed by atoms with Crippen LogP contribution in [0.3, 0.4) is 0 Å². The van der Waals surface area contributed by atoms with Crippen molar-refractivity contribution in [3.05, 3.63) is 47.9 Å². The number of carbonyl (C=O) groups is 1. The van der Waals surface area contributed by atoms with E-state index in [2.05, 4.69) is 25.7 Å². The predicted molar refractivity (Wildman–Crippen MR) is 86.0 cm³/mol. The minimum Gasteiger partial charge on any atom is -0.472 e. The van der Waals surface area contributed by atoms with Crippen LogP contribution in [-0.2, 0) is 11.2 Å². The third-order valence-electron chi connectivity index (χ3n) is 3.26. The Morgan fingerprint density at radius 2 is 2.17 bits per heavy atom. The van der Waals surface area contributed by atoms with Crippen LogP contribution in [0, 0.1) is 0 Å². The molecule has 0 aliphatic heterocycles. The fourth-order valence-electron chi connectivity index (χ4n) is 2.19. The molecule has 3 aromatic heterocycles. The van der Waals surface area contributed by atoms with Gasteiger partial charge in [-0.05, 0) is 24.3 Å². The molecule has 0 aliphatic rings. The summed E-state index contributed by atoms with van der Waals surface area (Å²) in [4.78, 5) is 16.6. The van der Waals surface area contributed by atoms with E-state index in [-0.39, 0.29) is 12.3 Å². The molecule has 0 spiro atoms. The van der Waals surface area contributed by atoms with Crippen molar-refractivity contribution in [2.45, 2.75) is 6.42 Å². The number of benzene rings is 1. The molecule has 23 heavy (non-hydrogen) atoms. The van der Waals surface area contributed by atoms with Gasteiger partial charge in [-0.25, -0.2) is 4.98 Å². The molecule has 0 saturated heterocycles. The number of thiazole rings is 1. The van der Waals surface area contributed by atoms with Gasteiger partial charge in [0.1, 0.15) is 22.3 Å². The fourth-order valence-corrected chi connectivity index (χ4v) is 3.00. The number of anilines is 1. The van der Waals surface area contributed by atoms with Crippen molar-refractivity contribution in [1.29, 1.82) is 0 Å². The lowest BCUT2D eigenvalue weighted by atomic mass is 10.2. The molecule has 0 radical (unpaired) electrons. The summed E-state index contributed by atoms with van der Waals surface area (Å²) in [6.45, 7) is 0. The van der Waals surface area contributed by atoms with E-state index in [1.807, 2.05) is 11.4 Å². The van der Waals surface area contributed by atoms with Crippen molar-refractivity contribution < 1.29 is 9.21 Å². The first-order chi connectivity index (χ1) is 11.3. The van der Waals surface area contributed by atoms with E-state index in [1.165, 1.54) is 11.3 Å². The van der Waals surface area contributed by atoms with Crippen LogP contribution in [0.25, 0.3) is 21.6 Å². The molecule has 4 rings (SSSR count). The van der Waals surface area contributed by atoms with Crippen molar-refractivity contribution in [3.8, 4) is 10.6 Å². The van der Waals surface area contributed by atoms with E-state index in [0.717, 1.165) is 21.8 Å². The average molecular weight is 325 g/mol. The van der Waals surface area contributed by atoms with Gasteiger partial charge in [0.25, 0.3) is 0 Å². The maximum Gasteiger partial charge on any atom is 0.230 e. The molecule has 0 bridgehead atoms. The van der Waals surface area contributed by atoms with Crippen LogP contribution in [0.4, 0.5) is 5.69 Å². The van der Waals surface area contributed by atoms with Crippen LogP contribution in [0.1, 0.15) is 5.69 Å². The molecule has 1 amide bonds. The van der Waals surface area contributed by atoms with Gasteiger partial charge in [-0.3, -0.25) is 4.79 Å². The lowest BCUT2D eigenvalue weighted by Crippen LogP contribution is -2.14. The summed E-state index contributed by atoms with van der Waals surface area (Å²) in [7, 11) is 0. The van der Waals surface area contributed by atoms with Crippen molar-refractivity contribution in [3.63, 3.8) is 0 Å². The number of aromatic amines is 1. The highest BCUT2D eigenvalue weighted by molar-refractivity contribution is 7.13. The van der Waals surface area contributed by atoms with Gasteiger partial charge in [0, 0.05) is 16.6 Å². The highest BCUT2D eigenvalue weighted by Gasteiger charge is 2.10. The molecule has 0 fully saturated rings. The summed E-state index contributed by atoms with van der Waals surface area (Å²) in [5, 5.41) is 16.1. The Morgan fingerprint density at radius 3 is 3.04 bits per heavy atom. The van der Waals surface area contributed by atoms with Gasteiger partial charge in [0.2, 0.25) is 5.91 Å². The van der Waals surface area contributed by atoms with E-state index in [9.17, 15) is 4.79 Å². The van der Waals surface area contributed by atoms with Crippen molar-refractivity contribution in [2.75, 3.05) is 5.32 Å². The Hall–Kier alpha value is -3.00. The second-order valence-corrected chi connectivity index (χ2v) is 5.77. The molecule has 3 heterocycles. The van der Waals surface area contributed by atoms with E-state index < -0.39 is 0 Å². The molecule has 2 N–H and O–H groups in total. The fraction of sp³-hybridized carbons (Fsp3) is 0.0667. The van der Waals surface area contributed by atoms with Crippen LogP contribution in [0.5, 0.6) is 0 Å². The maximum atomic E-state index is 12.1. The minimum absolute atomic E-state index is 0.128. The number of hydrogen-bond acceptors (Lipinski definition) is 6. The Balaban J connectivity index is 1.45. The normalized spacial score (nSPS) is 11.0. The maximum absolute atomic E-state index is 12.1. The van der Waals surface area contributed by atoms with E-state index in [0.29, 0.717) is 11.2 Å². The predicted octanol–water partition coefficient (Wildman–Crippen LogP) is 2.86. The highest BCUT2D eigenvalue weighted by atomic mass is 32.1. The van der Waals surface area contributed by atoms with Crippen LogP contribution in [0.15, 0.2) is 46.6 Å². The number of carbonyl (C=O) groups excluding carboxylic acids is 1. The van der Waals surface area contributed by atoms with Gasteiger partial charge in [0.05, 0.1) is 18.4 Å². The molecule has 8 heteroatoms. The number of fused-ring (bicyclic) bond motifs is 1. The standard InChI is InChI=1S/C15H11N5O2S/c21-14(16-10-1-2-12-13(5-10)19-20-18-12)6-11-8-23-15(17-11)9-3-4-22-7-9/h1-5,7-8H,6H2,(H,16,21)(H,18,19,20). The molecule has 0 unspecified atom stereocenters. The molecular weight excluding hydrogens is 314 g/mol. The zero-order chi connectivity index (χ0) is 15.6. The summed E-state index contributed by atoms with van der Waals surface area (Å²) in [5.41, 5.74) is 3.79. The Kier molecular flexibility index (Phi) is 3.35. The smallest absolute Gasteiger partial charge is 0.230 e. The second-order valence-electron chi connectivity index (χ2n) is 4.91. The SMILES string of the molecule is O=C(Cc1csc(-c2ccoc2)n1)Nc1ccc2n[nH]nc2c1. The van der Waals surface area contributed by atoms with Gasteiger partial charge in [0.15, 0.2) is 0 Å². The summed E-state index contributed by atoms with van der Waals surface area (Å²) >= 11 is 1.49. The van der Waals surface area contributed by atoms with Crippen LogP contribution in [-0.4, -0.2) is 26.3 Å². The monoisotopic (exact) mass is 325 g/mol. The first-order valence-electron chi connectivity index (χ1n) is 6.85. The number of aromatic nitrogens is 4. The third kappa shape index (κ3) is 2.84. The van der Waals surface area contributed by atoms with Crippen LogP contribution < -0.4 is 5.32 Å². The van der Waals surface area contributed by atoms with Gasteiger partial charge in [-0.15, -0.1) is 11.3 Å². The zero-order valence-electron chi connectivity index (χ0n) is 11.8. The van der Waals surface area contributed by atoms with E-state index in [4.69, 9.17) is 4.42 Å². The first kappa shape index (κ1) is 13.6. The summed E-state index contributed by atoms with van der Waals surface area (Å²) in [6, 6.07) is 7.21. The number of H-pyrrole nitrogens is 1. The van der Waals surface area contributed by atoms with Gasteiger partial charge in [-0.2, -0.15) is 15.4 Å². The lowest BCUT2D eigenvalue weighted by molar-refractivity contribution is -0.115. The van der Waals surface area contributed by atoms with E-state index >= 15 is 0 Å². The number of furan rings is 1. The van der Waals surface area contributed by atoms with Gasteiger partial charge < -0.3 is 9.73 Å². The second kappa shape index (κ2) is 5.65. The van der Waals surface area contributed by atoms with Gasteiger partial charge in [-0.1, -0.05) is 0 Å². The quantitative estimate of drug-likeness (QED) is 0.601. The molecule has 114 valence electrons. The highest BCUT2D eigenvalue weighted by Crippen LogP contribution is 2.24. The zero-order valence-corrected chi connectivity index (χ0v) is 12.6. The molecule has 0 atom stereocenters. The van der Waals surface area contributed by atoms with Crippen molar-refractivity contribution >= 4 is 34.0 Å². The largest absolute Gasteiger partial charge is 0.472 e. The minimum atomic E-state index is -0.128. The Bertz CT molecular complexity index is 957.